The molecule has 0 saturated heterocycles. The van der Waals surface area contributed by atoms with Gasteiger partial charge in [-0.2, -0.15) is 0 Å². The molecule has 0 fully saturated rings. The average Bonchev–Trinajstić information content (AvgIpc) is 3.04. The lowest BCUT2D eigenvalue weighted by atomic mass is 10.1. The molecule has 19 nitrogen and oxygen atoms in total. The van der Waals surface area contributed by atoms with Crippen LogP contribution in [-0.2, 0) is 54.4 Å². The number of nitrogens with one attached hydrogen (secondary N) is 4. The summed E-state index contributed by atoms with van der Waals surface area (Å²) >= 11 is 0. The van der Waals surface area contributed by atoms with Gasteiger partial charge >= 0.3 is 17.9 Å². The van der Waals surface area contributed by atoms with Gasteiger partial charge in [0, 0.05) is 37.8 Å². The van der Waals surface area contributed by atoms with E-state index in [9.17, 15) is 38.7 Å². The first-order chi connectivity index (χ1) is 22.9. The molecule has 0 aliphatic rings. The van der Waals surface area contributed by atoms with E-state index < -0.39 is 72.5 Å². The van der Waals surface area contributed by atoms with E-state index in [0.29, 0.717) is 5.56 Å². The number of carbonyl (C=O) groups excluding carboxylic acids is 5. The molecule has 0 unspecified atom stereocenters. The van der Waals surface area contributed by atoms with Crippen LogP contribution in [0, 0.1) is 0 Å². The number of esters is 1. The van der Waals surface area contributed by atoms with E-state index >= 15 is 0 Å². The molecule has 264 valence electrons. The Balaban J connectivity index is 2.91. The number of carboxylic acid groups (broad SMARTS) is 2. The molecule has 0 radical (unpaired) electrons. The molecule has 0 spiro atoms. The maximum atomic E-state index is 13.3. The Labute approximate surface area is 275 Å². The van der Waals surface area contributed by atoms with Crippen molar-refractivity contribution < 1.29 is 58.0 Å². The molecule has 0 aromatic heterocycles. The van der Waals surface area contributed by atoms with Gasteiger partial charge in [-0.25, -0.2) is 0 Å². The van der Waals surface area contributed by atoms with Gasteiger partial charge < -0.3 is 45.7 Å². The summed E-state index contributed by atoms with van der Waals surface area (Å²) in [5.74, 6) is -6.87. The molecule has 19 heteroatoms. The van der Waals surface area contributed by atoms with E-state index in [-0.39, 0.29) is 65.4 Å². The summed E-state index contributed by atoms with van der Waals surface area (Å²) < 4.78 is 15.7. The van der Waals surface area contributed by atoms with Crippen molar-refractivity contribution in [3.05, 3.63) is 46.3 Å². The summed E-state index contributed by atoms with van der Waals surface area (Å²) in [6.07, 6.45) is -2.37. The smallest absolute Gasteiger partial charge is 0.306 e. The zero-order valence-corrected chi connectivity index (χ0v) is 26.4. The summed E-state index contributed by atoms with van der Waals surface area (Å²) in [5.41, 5.74) is 8.91. The van der Waals surface area contributed by atoms with Crippen LogP contribution in [0.4, 0.5) is 0 Å². The van der Waals surface area contributed by atoms with Gasteiger partial charge in [0.25, 0.3) is 0 Å². The second-order valence-corrected chi connectivity index (χ2v) is 10.1. The summed E-state index contributed by atoms with van der Waals surface area (Å²) in [4.78, 5) is 88.4. The van der Waals surface area contributed by atoms with Gasteiger partial charge in [0.05, 0.1) is 32.8 Å². The number of amides is 4. The van der Waals surface area contributed by atoms with Crippen LogP contribution < -0.4 is 21.3 Å². The van der Waals surface area contributed by atoms with Crippen LogP contribution in [-0.4, -0.2) is 109 Å². The van der Waals surface area contributed by atoms with Gasteiger partial charge in [-0.05, 0) is 23.9 Å². The lowest BCUT2D eigenvalue weighted by Crippen LogP contribution is -2.57. The van der Waals surface area contributed by atoms with Crippen LogP contribution >= 0.6 is 0 Å². The molecule has 1 aromatic rings. The molecule has 0 heterocycles. The predicted molar refractivity (Wildman–Crippen MR) is 165 cm³/mol. The maximum absolute atomic E-state index is 13.3. The maximum Gasteiger partial charge on any atom is 0.306 e. The number of hydrogen-bond donors (Lipinski definition) is 6. The summed E-state index contributed by atoms with van der Waals surface area (Å²) in [6.45, 7) is 1.72. The fourth-order valence-electron chi connectivity index (χ4n) is 3.89. The zero-order valence-electron chi connectivity index (χ0n) is 26.4. The Hall–Kier alpha value is -5.26. The average molecular weight is 680 g/mol. The summed E-state index contributed by atoms with van der Waals surface area (Å²) in [5, 5.41) is 31.1. The van der Waals surface area contributed by atoms with Gasteiger partial charge in [-0.1, -0.05) is 35.4 Å². The molecular weight excluding hydrogens is 638 g/mol. The number of benzene rings is 1. The number of carbonyl (C=O) groups is 7. The molecule has 1 rings (SSSR count). The highest BCUT2D eigenvalue weighted by Crippen LogP contribution is 2.08. The normalized spacial score (nSPS) is 12.3. The molecule has 48 heavy (non-hydrogen) atoms. The van der Waals surface area contributed by atoms with E-state index in [1.54, 1.807) is 30.3 Å². The van der Waals surface area contributed by atoms with Crippen LogP contribution in [0.3, 0.4) is 0 Å². The highest BCUT2D eigenvalue weighted by Gasteiger charge is 2.31. The van der Waals surface area contributed by atoms with E-state index in [4.69, 9.17) is 24.8 Å². The Bertz CT molecular complexity index is 1270. The molecule has 0 aliphatic carbocycles. The highest BCUT2D eigenvalue weighted by atomic mass is 16.5. The lowest BCUT2D eigenvalue weighted by molar-refractivity contribution is -0.146. The fraction of sp³-hybridized carbons (Fsp3) is 0.552. The Morgan fingerprint density at radius 1 is 0.792 bits per heavy atom. The molecular formula is C29H41N7O12. The molecule has 0 aliphatic heterocycles. The molecule has 0 bridgehead atoms. The summed E-state index contributed by atoms with van der Waals surface area (Å²) in [6, 6.07) is 4.27. The Kier molecular flexibility index (Phi) is 20.4. The van der Waals surface area contributed by atoms with Crippen molar-refractivity contribution in [3.8, 4) is 0 Å². The first-order valence-electron chi connectivity index (χ1n) is 14.9. The van der Waals surface area contributed by atoms with Crippen molar-refractivity contribution in [2.75, 3.05) is 39.5 Å². The number of azide groups is 1. The number of aliphatic carboxylic acids is 2. The highest BCUT2D eigenvalue weighted by molar-refractivity contribution is 5.95. The van der Waals surface area contributed by atoms with E-state index in [0.717, 1.165) is 6.92 Å². The monoisotopic (exact) mass is 679 g/mol. The zero-order chi connectivity index (χ0) is 35.7. The van der Waals surface area contributed by atoms with Gasteiger partial charge in [-0.15, -0.1) is 0 Å². The Morgan fingerprint density at radius 3 is 2.00 bits per heavy atom. The van der Waals surface area contributed by atoms with Gasteiger partial charge in [0.1, 0.15) is 24.7 Å². The van der Waals surface area contributed by atoms with Crippen molar-refractivity contribution in [2.45, 2.75) is 63.8 Å². The van der Waals surface area contributed by atoms with Crippen molar-refractivity contribution >= 4 is 41.5 Å². The van der Waals surface area contributed by atoms with Crippen LogP contribution in [0.2, 0.25) is 0 Å². The number of rotatable bonds is 25. The minimum Gasteiger partial charge on any atom is -0.481 e. The number of nitrogens with zero attached hydrogens (tertiary/aromatic N) is 3. The fourth-order valence-corrected chi connectivity index (χ4v) is 3.89. The largest absolute Gasteiger partial charge is 0.481 e. The topological polar surface area (TPSA) is 285 Å². The van der Waals surface area contributed by atoms with Crippen LogP contribution in [0.5, 0.6) is 0 Å². The second kappa shape index (κ2) is 24.0. The van der Waals surface area contributed by atoms with Crippen molar-refractivity contribution in [1.82, 2.24) is 21.3 Å². The third kappa shape index (κ3) is 19.3. The third-order valence-corrected chi connectivity index (χ3v) is 6.18. The van der Waals surface area contributed by atoms with Crippen molar-refractivity contribution in [1.29, 1.82) is 0 Å². The van der Waals surface area contributed by atoms with Crippen LogP contribution in [0.25, 0.3) is 10.4 Å². The van der Waals surface area contributed by atoms with E-state index in [1.165, 1.54) is 0 Å². The van der Waals surface area contributed by atoms with Crippen LogP contribution in [0.1, 0.15) is 44.6 Å². The van der Waals surface area contributed by atoms with Gasteiger partial charge in [0.15, 0.2) is 0 Å². The minimum atomic E-state index is -1.60. The van der Waals surface area contributed by atoms with Gasteiger partial charge in [0.2, 0.25) is 23.6 Å². The van der Waals surface area contributed by atoms with Gasteiger partial charge in [-0.3, -0.25) is 33.6 Å². The first kappa shape index (κ1) is 40.8. The standard InChI is InChI=1S/C29H41N7O12/c1-19(37)33-21(7-9-24(38)39)28(44)34-22(8-10-26(42)48-18-20-5-3-2-4-6-20)29(45)35-23(17-25(40)41)27(43)31-11-13-46-15-16-47-14-12-32-36-30/h2-6,21-23H,7-18H2,1H3,(H,31,43)(H,33,37)(H,34,44)(H,35,45)(H,38,39)(H,40,41)/t21-,22+,23-/m0/s1. The molecule has 3 atom stereocenters. The number of hydrogen-bond acceptors (Lipinski definition) is 11. The summed E-state index contributed by atoms with van der Waals surface area (Å²) in [7, 11) is 0. The molecule has 6 N–H and O–H groups in total. The predicted octanol–water partition coefficient (Wildman–Crippen LogP) is -0.216. The Morgan fingerprint density at radius 2 is 1.40 bits per heavy atom. The SMILES string of the molecule is CC(=O)N[C@@H](CCC(=O)O)C(=O)N[C@H](CCC(=O)OCc1ccccc1)C(=O)N[C@@H](CC(=O)O)C(=O)NCCOCCOCCN=[N+]=[N-]. The minimum absolute atomic E-state index is 0.0177. The van der Waals surface area contributed by atoms with Crippen molar-refractivity contribution in [2.24, 2.45) is 5.11 Å². The number of ether oxygens (including phenoxy) is 3. The first-order valence-corrected chi connectivity index (χ1v) is 14.9. The third-order valence-electron chi connectivity index (χ3n) is 6.18. The van der Waals surface area contributed by atoms with Crippen LogP contribution in [0.15, 0.2) is 35.4 Å². The molecule has 1 aromatic carbocycles. The number of carboxylic acids is 2. The van der Waals surface area contributed by atoms with Crippen molar-refractivity contribution in [3.63, 3.8) is 0 Å². The molecule has 4 amide bonds. The quantitative estimate of drug-likeness (QED) is 0.0257. The van der Waals surface area contributed by atoms with E-state index in [2.05, 4.69) is 31.3 Å². The lowest BCUT2D eigenvalue weighted by Gasteiger charge is -2.24. The second-order valence-electron chi connectivity index (χ2n) is 10.1. The van der Waals surface area contributed by atoms with E-state index in [1.807, 2.05) is 0 Å². The molecule has 0 saturated carbocycles.